The number of amides is 2. The number of hydrogen-bond acceptors (Lipinski definition) is 3. The molecule has 124 valence electrons. The van der Waals surface area contributed by atoms with Gasteiger partial charge in [0.2, 0.25) is 5.91 Å². The third-order valence-electron chi connectivity index (χ3n) is 4.95. The molecule has 2 amide bonds. The lowest BCUT2D eigenvalue weighted by atomic mass is 9.97. The maximum atomic E-state index is 12.9. The Morgan fingerprint density at radius 3 is 2.65 bits per heavy atom. The van der Waals surface area contributed by atoms with Crippen LogP contribution in [-0.2, 0) is 9.59 Å². The van der Waals surface area contributed by atoms with Crippen LogP contribution in [0.3, 0.4) is 0 Å². The van der Waals surface area contributed by atoms with E-state index in [1.165, 1.54) is 9.80 Å². The lowest BCUT2D eigenvalue weighted by Gasteiger charge is -2.35. The molecule has 2 N–H and O–H groups in total. The van der Waals surface area contributed by atoms with Gasteiger partial charge < -0.3 is 10.0 Å². The van der Waals surface area contributed by atoms with Crippen molar-refractivity contribution in [3.05, 3.63) is 28.7 Å². The van der Waals surface area contributed by atoms with E-state index >= 15 is 0 Å². The first kappa shape index (κ1) is 16.6. The molecule has 6 heteroatoms. The molecule has 1 aromatic carbocycles. The van der Waals surface area contributed by atoms with Gasteiger partial charge in [-0.2, -0.15) is 0 Å². The highest BCUT2D eigenvalue weighted by molar-refractivity contribution is 9.10. The largest absolute Gasteiger partial charge is 0.396 e. The third kappa shape index (κ3) is 3.34. The van der Waals surface area contributed by atoms with Crippen molar-refractivity contribution in [3.8, 4) is 0 Å². The summed E-state index contributed by atoms with van der Waals surface area (Å²) in [7, 11) is 0. The normalized spacial score (nSPS) is 28.4. The number of nitrogens with zero attached hydrogens (tertiary/aromatic N) is 1. The Bertz CT molecular complexity index is 588. The van der Waals surface area contributed by atoms with Crippen molar-refractivity contribution in [2.75, 3.05) is 18.1 Å². The second kappa shape index (κ2) is 7.11. The van der Waals surface area contributed by atoms with Gasteiger partial charge in [-0.1, -0.05) is 15.9 Å². The number of benzene rings is 1. The summed E-state index contributed by atoms with van der Waals surface area (Å²) < 4.78 is 0.918. The topological polar surface area (TPSA) is 62.1 Å². The summed E-state index contributed by atoms with van der Waals surface area (Å²) in [4.78, 5) is 27.8. The number of rotatable bonds is 4. The summed E-state index contributed by atoms with van der Waals surface area (Å²) in [5.41, 5.74) is 0.640. The molecule has 2 aliphatic rings. The minimum atomic E-state index is -0.303. The molecule has 2 heterocycles. The van der Waals surface area contributed by atoms with Gasteiger partial charge in [0.1, 0.15) is 0 Å². The van der Waals surface area contributed by atoms with Gasteiger partial charge in [0.05, 0.1) is 24.7 Å². The van der Waals surface area contributed by atoms with Crippen LogP contribution in [-0.4, -0.2) is 42.2 Å². The molecule has 5 nitrogen and oxygen atoms in total. The Hall–Kier alpha value is -1.24. The maximum absolute atomic E-state index is 12.9. The molecule has 0 aromatic heterocycles. The van der Waals surface area contributed by atoms with Crippen LogP contribution >= 0.6 is 15.9 Å². The van der Waals surface area contributed by atoms with Crippen molar-refractivity contribution in [1.29, 1.82) is 0 Å². The lowest BCUT2D eigenvalue weighted by molar-refractivity contribution is -0.945. The first-order chi connectivity index (χ1) is 11.1. The van der Waals surface area contributed by atoms with Crippen LogP contribution in [0.15, 0.2) is 28.7 Å². The fourth-order valence-electron chi connectivity index (χ4n) is 3.84. The molecule has 2 aliphatic heterocycles. The summed E-state index contributed by atoms with van der Waals surface area (Å²) in [6.07, 6.45) is 4.21. The van der Waals surface area contributed by atoms with Crippen LogP contribution in [0.2, 0.25) is 0 Å². The van der Waals surface area contributed by atoms with Gasteiger partial charge in [-0.05, 0) is 43.5 Å². The molecular formula is C17H22BrN2O3+. The van der Waals surface area contributed by atoms with Crippen molar-refractivity contribution in [2.45, 2.75) is 44.2 Å². The highest BCUT2D eigenvalue weighted by atomic mass is 79.9. The van der Waals surface area contributed by atoms with Gasteiger partial charge in [-0.25, -0.2) is 4.90 Å². The van der Waals surface area contributed by atoms with Gasteiger partial charge in [0.25, 0.3) is 5.91 Å². The van der Waals surface area contributed by atoms with Gasteiger partial charge in [0, 0.05) is 17.5 Å². The fraction of sp³-hybridized carbons (Fsp3) is 0.529. The van der Waals surface area contributed by atoms with Crippen LogP contribution in [0.1, 0.15) is 32.1 Å². The van der Waals surface area contributed by atoms with Gasteiger partial charge in [-0.3, -0.25) is 9.59 Å². The number of aliphatic hydroxyl groups excluding tert-OH is 1. The van der Waals surface area contributed by atoms with Crippen molar-refractivity contribution < 1.29 is 19.6 Å². The molecular weight excluding hydrogens is 360 g/mol. The Morgan fingerprint density at radius 2 is 1.96 bits per heavy atom. The predicted octanol–water partition coefficient (Wildman–Crippen LogP) is 0.901. The number of anilines is 1. The van der Waals surface area contributed by atoms with Crippen LogP contribution in [0, 0.1) is 0 Å². The molecule has 0 radical (unpaired) electrons. The number of carbonyl (C=O) groups is 2. The van der Waals surface area contributed by atoms with E-state index in [1.54, 1.807) is 12.1 Å². The molecule has 3 rings (SSSR count). The van der Waals surface area contributed by atoms with Crippen molar-refractivity contribution in [3.63, 3.8) is 0 Å². The first-order valence-corrected chi connectivity index (χ1v) is 9.00. The number of quaternary nitrogens is 1. The van der Waals surface area contributed by atoms with Crippen LogP contribution in [0.4, 0.5) is 5.69 Å². The highest BCUT2D eigenvalue weighted by Crippen LogP contribution is 2.24. The molecule has 1 aromatic rings. The minimum absolute atomic E-state index is 0.0998. The molecule has 0 spiro atoms. The summed E-state index contributed by atoms with van der Waals surface area (Å²) >= 11 is 3.37. The van der Waals surface area contributed by atoms with Crippen LogP contribution in [0.5, 0.6) is 0 Å². The van der Waals surface area contributed by atoms with Crippen molar-refractivity contribution in [2.24, 2.45) is 0 Å². The predicted molar refractivity (Wildman–Crippen MR) is 90.2 cm³/mol. The lowest BCUT2D eigenvalue weighted by Crippen LogP contribution is -3.20. The standard InChI is InChI=1S/C17H21BrN2O3/c18-12-4-6-14(7-5-12)20-16(22)11-15(17(20)23)19-9-2-1-3-13(19)8-10-21/h4-7,13,15,21H,1-3,8-11H2/p+1/t13-,15+/m1/s1. The van der Waals surface area contributed by atoms with Crippen LogP contribution < -0.4 is 9.80 Å². The molecule has 2 saturated heterocycles. The van der Waals surface area contributed by atoms with E-state index in [0.717, 1.165) is 30.3 Å². The average molecular weight is 382 g/mol. The van der Waals surface area contributed by atoms with Gasteiger partial charge in [-0.15, -0.1) is 0 Å². The number of imide groups is 1. The monoisotopic (exact) mass is 381 g/mol. The van der Waals surface area contributed by atoms with Gasteiger partial charge >= 0.3 is 0 Å². The number of nitrogens with one attached hydrogen (secondary N) is 1. The minimum Gasteiger partial charge on any atom is -0.396 e. The number of likely N-dealkylation sites (tertiary alicyclic amines) is 1. The summed E-state index contributed by atoms with van der Waals surface area (Å²) in [5.74, 6) is -0.222. The van der Waals surface area contributed by atoms with Crippen molar-refractivity contribution in [1.82, 2.24) is 0 Å². The zero-order valence-electron chi connectivity index (χ0n) is 13.0. The number of halogens is 1. The van der Waals surface area contributed by atoms with Gasteiger partial charge in [0.15, 0.2) is 6.04 Å². The Kier molecular flexibility index (Phi) is 5.14. The van der Waals surface area contributed by atoms with E-state index < -0.39 is 0 Å². The Labute approximate surface area is 144 Å². The smallest absolute Gasteiger partial charge is 0.292 e. The zero-order valence-corrected chi connectivity index (χ0v) is 14.6. The number of carbonyl (C=O) groups excluding carboxylic acids is 2. The number of piperidine rings is 1. The van der Waals surface area contributed by atoms with Crippen molar-refractivity contribution >= 4 is 33.4 Å². The highest BCUT2D eigenvalue weighted by Gasteiger charge is 2.48. The summed E-state index contributed by atoms with van der Waals surface area (Å²) in [5, 5.41) is 9.27. The third-order valence-corrected chi connectivity index (χ3v) is 5.48. The van der Waals surface area contributed by atoms with E-state index in [-0.39, 0.29) is 36.9 Å². The second-order valence-corrected chi connectivity index (χ2v) is 7.25. The fourth-order valence-corrected chi connectivity index (χ4v) is 4.10. The van der Waals surface area contributed by atoms with E-state index in [1.807, 2.05) is 12.1 Å². The van der Waals surface area contributed by atoms with E-state index in [0.29, 0.717) is 12.1 Å². The summed E-state index contributed by atoms with van der Waals surface area (Å²) in [6, 6.07) is 7.23. The SMILES string of the molecule is O=C1C[C@H]([NH+]2CCCC[C@@H]2CCO)C(=O)N1c1ccc(Br)cc1. The molecule has 0 saturated carbocycles. The van der Waals surface area contributed by atoms with E-state index in [4.69, 9.17) is 0 Å². The van der Waals surface area contributed by atoms with Crippen LogP contribution in [0.25, 0.3) is 0 Å². The Balaban J connectivity index is 1.81. The summed E-state index contributed by atoms with van der Waals surface area (Å²) in [6.45, 7) is 1.04. The number of aliphatic hydroxyl groups is 1. The average Bonchev–Trinajstić information content (AvgIpc) is 2.84. The Morgan fingerprint density at radius 1 is 1.22 bits per heavy atom. The zero-order chi connectivity index (χ0) is 16.4. The molecule has 0 bridgehead atoms. The molecule has 23 heavy (non-hydrogen) atoms. The number of hydrogen-bond donors (Lipinski definition) is 2. The molecule has 1 unspecified atom stereocenters. The maximum Gasteiger partial charge on any atom is 0.292 e. The second-order valence-electron chi connectivity index (χ2n) is 6.33. The quantitative estimate of drug-likeness (QED) is 0.761. The molecule has 3 atom stereocenters. The van der Waals surface area contributed by atoms with E-state index in [9.17, 15) is 14.7 Å². The molecule has 2 fully saturated rings. The van der Waals surface area contributed by atoms with E-state index in [2.05, 4.69) is 15.9 Å². The first-order valence-electron chi connectivity index (χ1n) is 8.20. The molecule has 0 aliphatic carbocycles.